The van der Waals surface area contributed by atoms with E-state index >= 15 is 0 Å². The minimum atomic E-state index is -0.223. The average Bonchev–Trinajstić information content (AvgIpc) is 2.47. The second-order valence-electron chi connectivity index (χ2n) is 5.64. The van der Waals surface area contributed by atoms with E-state index in [0.717, 1.165) is 24.1 Å². The van der Waals surface area contributed by atoms with Gasteiger partial charge in [0.05, 0.1) is 0 Å². The van der Waals surface area contributed by atoms with Gasteiger partial charge in [0.15, 0.2) is 0 Å². The molecule has 21 heavy (non-hydrogen) atoms. The van der Waals surface area contributed by atoms with E-state index in [2.05, 4.69) is 17.4 Å². The quantitative estimate of drug-likeness (QED) is 0.934. The predicted molar refractivity (Wildman–Crippen MR) is 81.5 cm³/mol. The minimum absolute atomic E-state index is 0.191. The molecule has 2 nitrogen and oxygen atoms in total. The van der Waals surface area contributed by atoms with Crippen LogP contribution >= 0.6 is 0 Å². The highest BCUT2D eigenvalue weighted by atomic mass is 19.1. The van der Waals surface area contributed by atoms with Crippen LogP contribution in [0.5, 0.6) is 0 Å². The molecule has 1 heterocycles. The summed E-state index contributed by atoms with van der Waals surface area (Å²) in [6.07, 6.45) is 1.39. The molecule has 3 heteroatoms. The molecule has 0 spiro atoms. The van der Waals surface area contributed by atoms with Gasteiger partial charge in [-0.3, -0.25) is 4.79 Å². The fourth-order valence-corrected chi connectivity index (χ4v) is 3.01. The van der Waals surface area contributed by atoms with Crippen LogP contribution in [0.4, 0.5) is 4.39 Å². The van der Waals surface area contributed by atoms with Crippen molar-refractivity contribution in [2.24, 2.45) is 0 Å². The molecule has 0 saturated heterocycles. The van der Waals surface area contributed by atoms with Gasteiger partial charge in [0, 0.05) is 19.0 Å². The fourth-order valence-electron chi connectivity index (χ4n) is 3.01. The molecule has 0 bridgehead atoms. The minimum Gasteiger partial charge on any atom is -0.309 e. The number of hydrogen-bond donors (Lipinski definition) is 1. The Balaban J connectivity index is 1.97. The van der Waals surface area contributed by atoms with Crippen LogP contribution in [-0.2, 0) is 17.8 Å². The Morgan fingerprint density at radius 1 is 1.24 bits per heavy atom. The van der Waals surface area contributed by atoms with Crippen molar-refractivity contribution in [2.45, 2.75) is 32.4 Å². The maximum Gasteiger partial charge on any atom is 0.131 e. The molecule has 2 aromatic carbocycles. The fraction of sp³-hybridized carbons (Fsp3) is 0.278. The lowest BCUT2D eigenvalue weighted by atomic mass is 9.87. The topological polar surface area (TPSA) is 29.1 Å². The molecule has 1 atom stereocenters. The number of carbonyl (C=O) groups excluding carboxylic acids is 1. The third kappa shape index (κ3) is 3.03. The number of rotatable bonds is 3. The number of halogens is 1. The average molecular weight is 283 g/mol. The van der Waals surface area contributed by atoms with E-state index in [4.69, 9.17) is 0 Å². The number of nitrogens with one attached hydrogen (secondary N) is 1. The van der Waals surface area contributed by atoms with Crippen molar-refractivity contribution in [3.63, 3.8) is 0 Å². The number of ketones is 1. The van der Waals surface area contributed by atoms with Crippen LogP contribution < -0.4 is 5.32 Å². The Labute approximate surface area is 124 Å². The zero-order valence-corrected chi connectivity index (χ0v) is 12.0. The van der Waals surface area contributed by atoms with E-state index in [9.17, 15) is 9.18 Å². The van der Waals surface area contributed by atoms with Crippen molar-refractivity contribution < 1.29 is 9.18 Å². The smallest absolute Gasteiger partial charge is 0.131 e. The summed E-state index contributed by atoms with van der Waals surface area (Å²) < 4.78 is 13.1. The summed E-state index contributed by atoms with van der Waals surface area (Å²) in [5.74, 6) is -0.0186. The third-order valence-corrected chi connectivity index (χ3v) is 3.99. The maximum atomic E-state index is 13.1. The molecular weight excluding hydrogens is 265 g/mol. The van der Waals surface area contributed by atoms with E-state index in [0.29, 0.717) is 6.42 Å². The standard InChI is InChI=1S/C18H18FNO/c1-12(21)9-16-10-18-14(11-20-16)3-2-4-17(18)13-5-7-15(19)8-6-13/h2-8,16,20H,9-11H2,1H3. The van der Waals surface area contributed by atoms with Crippen LogP contribution in [0.2, 0.25) is 0 Å². The molecule has 108 valence electrons. The van der Waals surface area contributed by atoms with Gasteiger partial charge in [-0.2, -0.15) is 0 Å². The summed E-state index contributed by atoms with van der Waals surface area (Å²) >= 11 is 0. The molecule has 1 aliphatic rings. The van der Waals surface area contributed by atoms with Gasteiger partial charge in [0.2, 0.25) is 0 Å². The zero-order chi connectivity index (χ0) is 14.8. The van der Waals surface area contributed by atoms with Crippen molar-refractivity contribution in [1.29, 1.82) is 0 Å². The van der Waals surface area contributed by atoms with E-state index in [1.807, 2.05) is 18.2 Å². The molecular formula is C18H18FNO. The van der Waals surface area contributed by atoms with Gasteiger partial charge < -0.3 is 5.32 Å². The van der Waals surface area contributed by atoms with Crippen LogP contribution in [0.1, 0.15) is 24.5 Å². The first-order valence-electron chi connectivity index (χ1n) is 7.23. The Kier molecular flexibility index (Phi) is 3.84. The molecule has 0 fully saturated rings. The molecule has 0 amide bonds. The summed E-state index contributed by atoms with van der Waals surface area (Å²) in [4.78, 5) is 11.3. The highest BCUT2D eigenvalue weighted by molar-refractivity contribution is 5.76. The predicted octanol–water partition coefficient (Wildman–Crippen LogP) is 3.49. The van der Waals surface area contributed by atoms with E-state index in [-0.39, 0.29) is 17.6 Å². The number of Topliss-reactive ketones (excluding diaryl/α,β-unsaturated/α-hetero) is 1. The van der Waals surface area contributed by atoms with E-state index in [1.165, 1.54) is 23.3 Å². The Hall–Kier alpha value is -2.00. The van der Waals surface area contributed by atoms with Crippen molar-refractivity contribution >= 4 is 5.78 Å². The van der Waals surface area contributed by atoms with Crippen LogP contribution in [-0.4, -0.2) is 11.8 Å². The third-order valence-electron chi connectivity index (χ3n) is 3.99. The van der Waals surface area contributed by atoms with Gasteiger partial charge in [-0.25, -0.2) is 4.39 Å². The van der Waals surface area contributed by atoms with Crippen LogP contribution in [0.3, 0.4) is 0 Å². The monoisotopic (exact) mass is 283 g/mol. The Morgan fingerprint density at radius 3 is 2.71 bits per heavy atom. The summed E-state index contributed by atoms with van der Waals surface area (Å²) in [7, 11) is 0. The van der Waals surface area contributed by atoms with E-state index in [1.54, 1.807) is 6.92 Å². The summed E-state index contributed by atoms with van der Waals surface area (Å²) in [5, 5.41) is 3.41. The summed E-state index contributed by atoms with van der Waals surface area (Å²) in [6, 6.07) is 13.0. The number of hydrogen-bond acceptors (Lipinski definition) is 2. The van der Waals surface area contributed by atoms with Crippen molar-refractivity contribution in [3.05, 3.63) is 59.4 Å². The lowest BCUT2D eigenvalue weighted by Gasteiger charge is -2.27. The lowest BCUT2D eigenvalue weighted by molar-refractivity contribution is -0.117. The maximum absolute atomic E-state index is 13.1. The first-order valence-corrected chi connectivity index (χ1v) is 7.23. The summed E-state index contributed by atoms with van der Waals surface area (Å²) in [5.41, 5.74) is 4.70. The first-order chi connectivity index (χ1) is 10.1. The van der Waals surface area contributed by atoms with Crippen LogP contribution in [0.15, 0.2) is 42.5 Å². The SMILES string of the molecule is CC(=O)CC1Cc2c(cccc2-c2ccc(F)cc2)CN1. The molecule has 1 unspecified atom stereocenters. The van der Waals surface area contributed by atoms with Gasteiger partial charge in [0.25, 0.3) is 0 Å². The molecule has 0 aromatic heterocycles. The number of fused-ring (bicyclic) bond motifs is 1. The second kappa shape index (κ2) is 5.78. The normalized spacial score (nSPS) is 17.3. The van der Waals surface area contributed by atoms with Gasteiger partial charge in [-0.1, -0.05) is 30.3 Å². The van der Waals surface area contributed by atoms with E-state index < -0.39 is 0 Å². The Morgan fingerprint density at radius 2 is 2.00 bits per heavy atom. The molecule has 0 saturated carbocycles. The van der Waals surface area contributed by atoms with Crippen molar-refractivity contribution in [3.8, 4) is 11.1 Å². The van der Waals surface area contributed by atoms with Crippen LogP contribution in [0, 0.1) is 5.82 Å². The molecule has 3 rings (SSSR count). The molecule has 0 aliphatic carbocycles. The largest absolute Gasteiger partial charge is 0.309 e. The zero-order valence-electron chi connectivity index (χ0n) is 12.0. The van der Waals surface area contributed by atoms with Crippen LogP contribution in [0.25, 0.3) is 11.1 Å². The van der Waals surface area contributed by atoms with Crippen molar-refractivity contribution in [2.75, 3.05) is 0 Å². The molecule has 1 aliphatic heterocycles. The highest BCUT2D eigenvalue weighted by Crippen LogP contribution is 2.30. The van der Waals surface area contributed by atoms with Gasteiger partial charge in [0.1, 0.15) is 11.6 Å². The molecule has 2 aromatic rings. The number of benzene rings is 2. The molecule has 1 N–H and O–H groups in total. The second-order valence-corrected chi connectivity index (χ2v) is 5.64. The van der Waals surface area contributed by atoms with Crippen molar-refractivity contribution in [1.82, 2.24) is 5.32 Å². The number of carbonyl (C=O) groups is 1. The van der Waals surface area contributed by atoms with Gasteiger partial charge in [-0.05, 0) is 47.7 Å². The Bertz CT molecular complexity index is 663. The summed E-state index contributed by atoms with van der Waals surface area (Å²) in [6.45, 7) is 2.41. The lowest BCUT2D eigenvalue weighted by Crippen LogP contribution is -2.37. The highest BCUT2D eigenvalue weighted by Gasteiger charge is 2.21. The molecule has 0 radical (unpaired) electrons. The van der Waals surface area contributed by atoms with Gasteiger partial charge >= 0.3 is 0 Å². The van der Waals surface area contributed by atoms with Gasteiger partial charge in [-0.15, -0.1) is 0 Å². The first kappa shape index (κ1) is 14.0.